The zero-order valence-corrected chi connectivity index (χ0v) is 12.7. The van der Waals surface area contributed by atoms with Crippen molar-refractivity contribution in [1.29, 1.82) is 0 Å². The average Bonchev–Trinajstić information content (AvgIpc) is 3.15. The van der Waals surface area contributed by atoms with Gasteiger partial charge in [0.15, 0.2) is 0 Å². The van der Waals surface area contributed by atoms with Crippen LogP contribution in [-0.2, 0) is 14.4 Å². The summed E-state index contributed by atoms with van der Waals surface area (Å²) >= 11 is 0. The fraction of sp³-hybridized carbons (Fsp3) is 0.733. The summed E-state index contributed by atoms with van der Waals surface area (Å²) in [7, 11) is 0. The zero-order valence-electron chi connectivity index (χ0n) is 12.7. The van der Waals surface area contributed by atoms with Crippen molar-refractivity contribution in [2.75, 3.05) is 19.7 Å². The molecule has 3 aliphatic rings. The Kier molecular flexibility index (Phi) is 4.25. The van der Waals surface area contributed by atoms with E-state index in [9.17, 15) is 18.0 Å². The highest BCUT2D eigenvalue weighted by molar-refractivity contribution is 5.99. The number of piperidine rings is 1. The Labute approximate surface area is 132 Å². The first kappa shape index (κ1) is 16.1. The van der Waals surface area contributed by atoms with Crippen molar-refractivity contribution < 1.29 is 27.5 Å². The first-order valence-corrected chi connectivity index (χ1v) is 7.80. The van der Waals surface area contributed by atoms with Gasteiger partial charge in [-0.25, -0.2) is 0 Å². The summed E-state index contributed by atoms with van der Waals surface area (Å²) in [6.45, 7) is 1.46. The van der Waals surface area contributed by atoms with E-state index in [2.05, 4.69) is 5.16 Å². The summed E-state index contributed by atoms with van der Waals surface area (Å²) in [6.07, 6.45) is -1.22. The van der Waals surface area contributed by atoms with Crippen LogP contribution in [0, 0.1) is 0 Å². The number of alkyl halides is 3. The van der Waals surface area contributed by atoms with Crippen LogP contribution in [0.1, 0.15) is 38.5 Å². The predicted molar refractivity (Wildman–Crippen MR) is 75.6 cm³/mol. The Hall–Kier alpha value is -1.73. The molecule has 0 aromatic heterocycles. The van der Waals surface area contributed by atoms with E-state index < -0.39 is 30.5 Å². The molecule has 8 heteroatoms. The van der Waals surface area contributed by atoms with Crippen LogP contribution in [-0.4, -0.2) is 48.0 Å². The minimum atomic E-state index is -4.29. The quantitative estimate of drug-likeness (QED) is 0.798. The molecule has 0 radical (unpaired) electrons. The van der Waals surface area contributed by atoms with E-state index in [0.717, 1.165) is 17.9 Å². The summed E-state index contributed by atoms with van der Waals surface area (Å²) < 4.78 is 42.0. The lowest BCUT2D eigenvalue weighted by Crippen LogP contribution is -2.47. The molecule has 3 rings (SSSR count). The van der Waals surface area contributed by atoms with E-state index in [1.165, 1.54) is 4.90 Å². The van der Waals surface area contributed by atoms with E-state index >= 15 is 0 Å². The molecule has 23 heavy (non-hydrogen) atoms. The van der Waals surface area contributed by atoms with Crippen molar-refractivity contribution in [2.45, 2.75) is 50.3 Å². The van der Waals surface area contributed by atoms with Crippen molar-refractivity contribution >= 4 is 11.6 Å². The molecule has 0 atom stereocenters. The molecule has 128 valence electrons. The van der Waals surface area contributed by atoms with Crippen molar-refractivity contribution in [3.05, 3.63) is 11.8 Å². The van der Waals surface area contributed by atoms with Gasteiger partial charge in [-0.3, -0.25) is 4.79 Å². The van der Waals surface area contributed by atoms with Gasteiger partial charge in [0.05, 0.1) is 13.0 Å². The third-order valence-electron chi connectivity index (χ3n) is 4.48. The number of allylic oxidation sites excluding steroid dienone is 1. The molecule has 0 bridgehead atoms. The maximum atomic E-state index is 12.2. The van der Waals surface area contributed by atoms with E-state index in [-0.39, 0.29) is 0 Å². The number of hydrogen-bond donors (Lipinski definition) is 0. The third kappa shape index (κ3) is 3.79. The summed E-state index contributed by atoms with van der Waals surface area (Å²) in [4.78, 5) is 18.9. The largest absolute Gasteiger partial charge is 0.492 e. The molecule has 1 spiro atoms. The SMILES string of the molecule is O=C(CCC(F)(F)F)N1CCC2(CC1)CC(C1=CCCO1)=NO2. The molecule has 3 aliphatic heterocycles. The van der Waals surface area contributed by atoms with Crippen LogP contribution in [0.25, 0.3) is 0 Å². The average molecular weight is 332 g/mol. The Bertz CT molecular complexity index is 535. The minimum Gasteiger partial charge on any atom is -0.492 e. The summed E-state index contributed by atoms with van der Waals surface area (Å²) in [5.41, 5.74) is 0.350. The summed E-state index contributed by atoms with van der Waals surface area (Å²) in [5, 5.41) is 4.10. The highest BCUT2D eigenvalue weighted by atomic mass is 19.4. The number of carbonyl (C=O) groups excluding carboxylic acids is 1. The number of rotatable bonds is 3. The smallest absolute Gasteiger partial charge is 0.389 e. The van der Waals surface area contributed by atoms with Gasteiger partial charge in [0.2, 0.25) is 5.91 Å². The Morgan fingerprint density at radius 2 is 2.09 bits per heavy atom. The number of likely N-dealkylation sites (tertiary alicyclic amines) is 1. The van der Waals surface area contributed by atoms with Gasteiger partial charge in [-0.1, -0.05) is 5.16 Å². The molecule has 0 N–H and O–H groups in total. The topological polar surface area (TPSA) is 51.1 Å². The Morgan fingerprint density at radius 3 is 2.70 bits per heavy atom. The van der Waals surface area contributed by atoms with E-state index in [0.29, 0.717) is 39.0 Å². The number of carbonyl (C=O) groups is 1. The van der Waals surface area contributed by atoms with Crippen molar-refractivity contribution in [3.63, 3.8) is 0 Å². The minimum absolute atomic E-state index is 0.402. The van der Waals surface area contributed by atoms with Gasteiger partial charge in [0.1, 0.15) is 17.1 Å². The molecule has 3 heterocycles. The first-order chi connectivity index (χ1) is 10.9. The predicted octanol–water partition coefficient (Wildman–Crippen LogP) is 2.77. The molecule has 0 unspecified atom stereocenters. The van der Waals surface area contributed by atoms with Gasteiger partial charge in [-0.15, -0.1) is 0 Å². The molecule has 0 aromatic rings. The summed E-state index contributed by atoms with van der Waals surface area (Å²) in [6, 6.07) is 0. The Balaban J connectivity index is 1.48. The molecular formula is C15H19F3N2O3. The zero-order chi connectivity index (χ0) is 16.5. The van der Waals surface area contributed by atoms with Crippen LogP contribution >= 0.6 is 0 Å². The van der Waals surface area contributed by atoms with Crippen LogP contribution < -0.4 is 0 Å². The van der Waals surface area contributed by atoms with Crippen LogP contribution in [0.5, 0.6) is 0 Å². The highest BCUT2D eigenvalue weighted by Gasteiger charge is 2.44. The fourth-order valence-corrected chi connectivity index (χ4v) is 3.11. The number of halogens is 3. The monoisotopic (exact) mass is 332 g/mol. The fourth-order valence-electron chi connectivity index (χ4n) is 3.11. The second kappa shape index (κ2) is 6.05. The highest BCUT2D eigenvalue weighted by Crippen LogP contribution is 2.37. The normalized spacial score (nSPS) is 23.3. The second-order valence-corrected chi connectivity index (χ2v) is 6.19. The molecule has 1 amide bonds. The third-order valence-corrected chi connectivity index (χ3v) is 4.48. The molecular weight excluding hydrogens is 313 g/mol. The molecule has 0 aliphatic carbocycles. The number of hydrogen-bond acceptors (Lipinski definition) is 4. The maximum absolute atomic E-state index is 12.2. The van der Waals surface area contributed by atoms with Crippen LogP contribution in [0.2, 0.25) is 0 Å². The van der Waals surface area contributed by atoms with Gasteiger partial charge in [-0.2, -0.15) is 13.2 Å². The number of nitrogens with zero attached hydrogens (tertiary/aromatic N) is 2. The van der Waals surface area contributed by atoms with Gasteiger partial charge in [0.25, 0.3) is 0 Å². The molecule has 0 aromatic carbocycles. The number of ether oxygens (including phenoxy) is 1. The second-order valence-electron chi connectivity index (χ2n) is 6.19. The van der Waals surface area contributed by atoms with Crippen molar-refractivity contribution in [3.8, 4) is 0 Å². The van der Waals surface area contributed by atoms with Gasteiger partial charge in [0, 0.05) is 45.2 Å². The molecule has 1 fully saturated rings. The molecule has 5 nitrogen and oxygen atoms in total. The number of oxime groups is 1. The van der Waals surface area contributed by atoms with Crippen LogP contribution in [0.15, 0.2) is 17.0 Å². The van der Waals surface area contributed by atoms with Crippen LogP contribution in [0.4, 0.5) is 13.2 Å². The number of amides is 1. The molecule has 0 saturated carbocycles. The standard InChI is InChI=1S/C15H19F3N2O3/c16-15(17,18)4-3-13(21)20-7-5-14(6-8-20)10-11(19-23-14)12-2-1-9-22-12/h2H,1,3-10H2. The lowest BCUT2D eigenvalue weighted by Gasteiger charge is -2.37. The van der Waals surface area contributed by atoms with E-state index in [1.807, 2.05) is 6.08 Å². The van der Waals surface area contributed by atoms with Gasteiger partial charge >= 0.3 is 6.18 Å². The lowest BCUT2D eigenvalue weighted by molar-refractivity contribution is -0.152. The van der Waals surface area contributed by atoms with Gasteiger partial charge < -0.3 is 14.5 Å². The van der Waals surface area contributed by atoms with Gasteiger partial charge in [-0.05, 0) is 6.08 Å². The lowest BCUT2D eigenvalue weighted by atomic mass is 9.86. The van der Waals surface area contributed by atoms with E-state index in [4.69, 9.17) is 9.57 Å². The maximum Gasteiger partial charge on any atom is 0.389 e. The molecule has 1 saturated heterocycles. The first-order valence-electron chi connectivity index (χ1n) is 7.80. The van der Waals surface area contributed by atoms with Crippen LogP contribution in [0.3, 0.4) is 0 Å². The van der Waals surface area contributed by atoms with E-state index in [1.54, 1.807) is 0 Å². The van der Waals surface area contributed by atoms with Crippen molar-refractivity contribution in [2.24, 2.45) is 5.16 Å². The van der Waals surface area contributed by atoms with Crippen molar-refractivity contribution in [1.82, 2.24) is 4.90 Å². The summed E-state index contributed by atoms with van der Waals surface area (Å²) in [5.74, 6) is 0.323. The Morgan fingerprint density at radius 1 is 1.35 bits per heavy atom.